The van der Waals surface area contributed by atoms with Crippen LogP contribution in [0, 0.1) is 11.3 Å². The fourth-order valence-corrected chi connectivity index (χ4v) is 1.85. The van der Waals surface area contributed by atoms with Gasteiger partial charge in [0.2, 0.25) is 0 Å². The van der Waals surface area contributed by atoms with Gasteiger partial charge >= 0.3 is 5.97 Å². The molecule has 7 heteroatoms. The minimum absolute atomic E-state index is 0.0692. The predicted molar refractivity (Wildman–Crippen MR) is 87.9 cm³/mol. The molecule has 0 aliphatic carbocycles. The lowest BCUT2D eigenvalue weighted by molar-refractivity contribution is -0.140. The van der Waals surface area contributed by atoms with Gasteiger partial charge in [0, 0.05) is 12.7 Å². The van der Waals surface area contributed by atoms with E-state index in [9.17, 15) is 9.59 Å². The van der Waals surface area contributed by atoms with Crippen LogP contribution in [0.1, 0.15) is 24.9 Å². The molecule has 1 aromatic carbocycles. The van der Waals surface area contributed by atoms with Crippen molar-refractivity contribution in [1.29, 1.82) is 5.26 Å². The Labute approximate surface area is 141 Å². The first-order valence-electron chi connectivity index (χ1n) is 7.37. The number of benzene rings is 1. The molecule has 1 atom stereocenters. The molecule has 0 fully saturated rings. The van der Waals surface area contributed by atoms with Gasteiger partial charge in [-0.2, -0.15) is 5.26 Å². The fraction of sp³-hybridized carbons (Fsp3) is 0.353. The second-order valence-corrected chi connectivity index (χ2v) is 4.92. The number of amides is 1. The van der Waals surface area contributed by atoms with Crippen molar-refractivity contribution in [3.05, 3.63) is 41.6 Å². The highest BCUT2D eigenvalue weighted by Crippen LogP contribution is 2.17. The zero-order valence-electron chi connectivity index (χ0n) is 14.0. The molecule has 2 N–H and O–H groups in total. The SMILES string of the molecule is COC(=O)CCN/C=C(/C#N)C(=O)NC(C)c1ccc(OC)cc1. The first-order chi connectivity index (χ1) is 11.5. The van der Waals surface area contributed by atoms with E-state index in [1.165, 1.54) is 13.3 Å². The minimum atomic E-state index is -0.494. The van der Waals surface area contributed by atoms with E-state index >= 15 is 0 Å². The maximum atomic E-state index is 12.1. The average Bonchev–Trinajstić information content (AvgIpc) is 2.61. The molecule has 1 amide bonds. The number of carbonyl (C=O) groups is 2. The summed E-state index contributed by atoms with van der Waals surface area (Å²) in [5.74, 6) is -0.136. The summed E-state index contributed by atoms with van der Waals surface area (Å²) in [5, 5.41) is 14.6. The number of hydrogen-bond donors (Lipinski definition) is 2. The van der Waals surface area contributed by atoms with E-state index in [1.54, 1.807) is 19.2 Å². The molecule has 128 valence electrons. The third kappa shape index (κ3) is 6.01. The first-order valence-corrected chi connectivity index (χ1v) is 7.37. The number of nitrogens with zero attached hydrogens (tertiary/aromatic N) is 1. The molecule has 0 spiro atoms. The van der Waals surface area contributed by atoms with Crippen LogP contribution < -0.4 is 15.4 Å². The van der Waals surface area contributed by atoms with Gasteiger partial charge in [-0.3, -0.25) is 9.59 Å². The Balaban J connectivity index is 2.59. The summed E-state index contributed by atoms with van der Waals surface area (Å²) < 4.78 is 9.58. The normalized spacial score (nSPS) is 11.8. The number of ether oxygens (including phenoxy) is 2. The van der Waals surface area contributed by atoms with E-state index in [2.05, 4.69) is 15.4 Å². The van der Waals surface area contributed by atoms with Gasteiger partial charge in [-0.25, -0.2) is 0 Å². The zero-order chi connectivity index (χ0) is 17.9. The Morgan fingerprint density at radius 3 is 2.50 bits per heavy atom. The fourth-order valence-electron chi connectivity index (χ4n) is 1.85. The van der Waals surface area contributed by atoms with Crippen molar-refractivity contribution in [3.8, 4) is 11.8 Å². The van der Waals surface area contributed by atoms with E-state index in [0.717, 1.165) is 11.3 Å². The molecule has 0 saturated heterocycles. The molecule has 1 rings (SSSR count). The molecule has 0 aliphatic heterocycles. The zero-order valence-corrected chi connectivity index (χ0v) is 14.0. The molecule has 0 aromatic heterocycles. The highest BCUT2D eigenvalue weighted by atomic mass is 16.5. The summed E-state index contributed by atoms with van der Waals surface area (Å²) in [6.07, 6.45) is 1.44. The molecule has 7 nitrogen and oxygen atoms in total. The summed E-state index contributed by atoms with van der Waals surface area (Å²) in [4.78, 5) is 23.1. The topological polar surface area (TPSA) is 100 Å². The van der Waals surface area contributed by atoms with E-state index in [4.69, 9.17) is 10.00 Å². The Morgan fingerprint density at radius 1 is 1.29 bits per heavy atom. The van der Waals surface area contributed by atoms with Crippen LogP contribution >= 0.6 is 0 Å². The summed E-state index contributed by atoms with van der Waals surface area (Å²) in [7, 11) is 2.88. The number of nitriles is 1. The van der Waals surface area contributed by atoms with Crippen molar-refractivity contribution in [1.82, 2.24) is 10.6 Å². The third-order valence-corrected chi connectivity index (χ3v) is 3.28. The van der Waals surface area contributed by atoms with E-state index in [0.29, 0.717) is 0 Å². The maximum absolute atomic E-state index is 12.1. The van der Waals surface area contributed by atoms with Gasteiger partial charge in [0.05, 0.1) is 26.7 Å². The summed E-state index contributed by atoms with van der Waals surface area (Å²) in [6.45, 7) is 2.10. The van der Waals surface area contributed by atoms with Gasteiger partial charge in [-0.05, 0) is 24.6 Å². The number of esters is 1. The quantitative estimate of drug-likeness (QED) is 0.323. The minimum Gasteiger partial charge on any atom is -0.497 e. The second kappa shape index (κ2) is 9.90. The Bertz CT molecular complexity index is 632. The van der Waals surface area contributed by atoms with Crippen molar-refractivity contribution in [2.45, 2.75) is 19.4 Å². The maximum Gasteiger partial charge on any atom is 0.307 e. The highest BCUT2D eigenvalue weighted by Gasteiger charge is 2.13. The molecule has 0 bridgehead atoms. The second-order valence-electron chi connectivity index (χ2n) is 4.92. The lowest BCUT2D eigenvalue weighted by Crippen LogP contribution is -2.28. The average molecular weight is 331 g/mol. The van der Waals surface area contributed by atoms with Gasteiger partial charge in [0.25, 0.3) is 5.91 Å². The smallest absolute Gasteiger partial charge is 0.307 e. The van der Waals surface area contributed by atoms with Crippen molar-refractivity contribution >= 4 is 11.9 Å². The molecule has 0 heterocycles. The lowest BCUT2D eigenvalue weighted by Gasteiger charge is -2.14. The molecule has 0 aliphatic rings. The highest BCUT2D eigenvalue weighted by molar-refractivity contribution is 5.97. The van der Waals surface area contributed by atoms with Gasteiger partial charge in [-0.1, -0.05) is 12.1 Å². The van der Waals surface area contributed by atoms with E-state index in [-0.39, 0.29) is 30.5 Å². The van der Waals surface area contributed by atoms with Crippen molar-refractivity contribution < 1.29 is 19.1 Å². The molecule has 1 unspecified atom stereocenters. The molecular formula is C17H21N3O4. The summed E-state index contributed by atoms with van der Waals surface area (Å²) in [5.41, 5.74) is 0.820. The Hall–Kier alpha value is -3.01. The molecule has 24 heavy (non-hydrogen) atoms. The molecule has 0 saturated carbocycles. The number of carbonyl (C=O) groups excluding carboxylic acids is 2. The summed E-state index contributed by atoms with van der Waals surface area (Å²) >= 11 is 0. The van der Waals surface area contributed by atoms with Gasteiger partial charge in [0.15, 0.2) is 0 Å². The van der Waals surface area contributed by atoms with Crippen molar-refractivity contribution in [2.24, 2.45) is 0 Å². The Morgan fingerprint density at radius 2 is 1.96 bits per heavy atom. The van der Waals surface area contributed by atoms with Crippen molar-refractivity contribution in [2.75, 3.05) is 20.8 Å². The standard InChI is InChI=1S/C17H21N3O4/c1-12(13-4-6-15(23-2)7-5-13)20-17(22)14(10-18)11-19-9-8-16(21)24-3/h4-7,11-12,19H,8-9H2,1-3H3,(H,20,22)/b14-11-. The van der Waals surface area contributed by atoms with Gasteiger partial charge in [0.1, 0.15) is 17.4 Å². The largest absolute Gasteiger partial charge is 0.497 e. The van der Waals surface area contributed by atoms with E-state index < -0.39 is 5.91 Å². The number of nitrogens with one attached hydrogen (secondary N) is 2. The van der Waals surface area contributed by atoms with Crippen LogP contribution in [0.5, 0.6) is 5.75 Å². The number of rotatable bonds is 8. The first kappa shape index (κ1) is 19.0. The van der Waals surface area contributed by atoms with Crippen LogP contribution in [-0.2, 0) is 14.3 Å². The van der Waals surface area contributed by atoms with Crippen LogP contribution in [0.2, 0.25) is 0 Å². The van der Waals surface area contributed by atoms with Crippen molar-refractivity contribution in [3.63, 3.8) is 0 Å². The van der Waals surface area contributed by atoms with Crippen LogP contribution in [0.25, 0.3) is 0 Å². The molecular weight excluding hydrogens is 310 g/mol. The van der Waals surface area contributed by atoms with Gasteiger partial charge in [-0.15, -0.1) is 0 Å². The number of hydrogen-bond acceptors (Lipinski definition) is 6. The third-order valence-electron chi connectivity index (χ3n) is 3.28. The molecule has 1 aromatic rings. The van der Waals surface area contributed by atoms with E-state index in [1.807, 2.05) is 25.1 Å². The lowest BCUT2D eigenvalue weighted by atomic mass is 10.1. The van der Waals surface area contributed by atoms with Crippen LogP contribution in [0.15, 0.2) is 36.0 Å². The molecule has 0 radical (unpaired) electrons. The van der Waals surface area contributed by atoms with Crippen LogP contribution in [0.3, 0.4) is 0 Å². The van der Waals surface area contributed by atoms with Crippen LogP contribution in [0.4, 0.5) is 0 Å². The van der Waals surface area contributed by atoms with Gasteiger partial charge < -0.3 is 20.1 Å². The predicted octanol–water partition coefficient (Wildman–Crippen LogP) is 1.43. The monoisotopic (exact) mass is 331 g/mol. The summed E-state index contributed by atoms with van der Waals surface area (Å²) in [6, 6.07) is 8.84. The van der Waals surface area contributed by atoms with Crippen LogP contribution in [-0.4, -0.2) is 32.6 Å². The number of methoxy groups -OCH3 is 2. The Kier molecular flexibility index (Phi) is 7.85.